The fourth-order valence-corrected chi connectivity index (χ4v) is 1.44. The lowest BCUT2D eigenvalue weighted by atomic mass is 10.3. The maximum atomic E-state index is 13.1. The maximum Gasteiger partial charge on any atom is 0.502 e. The van der Waals surface area contributed by atoms with Crippen LogP contribution in [0.1, 0.15) is 6.92 Å². The predicted octanol–water partition coefficient (Wildman–Crippen LogP) is 3.12. The van der Waals surface area contributed by atoms with E-state index in [9.17, 15) is 18.0 Å². The number of alkyl halides is 2. The van der Waals surface area contributed by atoms with Crippen LogP contribution in [0.2, 0.25) is 0 Å². The average Bonchev–Trinajstić information content (AvgIpc) is 2.15. The number of ether oxygens (including phenoxy) is 2. The minimum atomic E-state index is -4.15. The second kappa shape index (κ2) is 5.39. The van der Waals surface area contributed by atoms with Crippen molar-refractivity contribution in [2.45, 2.75) is 13.0 Å². The first-order valence-electron chi connectivity index (χ1n) is 4.55. The Morgan fingerprint density at radius 1 is 1.41 bits per heavy atom. The normalized spacial score (nSPS) is 11.1. The van der Waals surface area contributed by atoms with Crippen molar-refractivity contribution in [2.75, 3.05) is 6.61 Å². The molecule has 1 aromatic carbocycles. The summed E-state index contributed by atoms with van der Waals surface area (Å²) in [5, 5.41) is 0. The van der Waals surface area contributed by atoms with E-state index in [1.807, 2.05) is 0 Å². The van der Waals surface area contributed by atoms with Crippen LogP contribution in [0, 0.1) is 5.82 Å². The first kappa shape index (κ1) is 13.8. The number of hydrogen-bond donors (Lipinski definition) is 0. The first-order chi connectivity index (χ1) is 7.85. The van der Waals surface area contributed by atoms with E-state index < -0.39 is 23.6 Å². The lowest BCUT2D eigenvalue weighted by Gasteiger charge is -2.16. The summed E-state index contributed by atoms with van der Waals surface area (Å²) in [6.45, 7) is 1.18. The number of rotatable bonds is 4. The van der Waals surface area contributed by atoms with Gasteiger partial charge >= 0.3 is 12.1 Å². The van der Waals surface area contributed by atoms with Gasteiger partial charge in [-0.25, -0.2) is 9.18 Å². The highest BCUT2D eigenvalue weighted by molar-refractivity contribution is 9.10. The second-order valence-electron chi connectivity index (χ2n) is 2.94. The monoisotopic (exact) mass is 312 g/mol. The third-order valence-electron chi connectivity index (χ3n) is 1.60. The Hall–Kier alpha value is -1.24. The van der Waals surface area contributed by atoms with Crippen LogP contribution in [-0.2, 0) is 9.53 Å². The second-order valence-corrected chi connectivity index (χ2v) is 3.86. The van der Waals surface area contributed by atoms with Gasteiger partial charge in [-0.3, -0.25) is 0 Å². The summed E-state index contributed by atoms with van der Waals surface area (Å²) < 4.78 is 47.6. The number of hydrogen-bond acceptors (Lipinski definition) is 3. The summed E-state index contributed by atoms with van der Waals surface area (Å²) in [5.41, 5.74) is 0. The van der Waals surface area contributed by atoms with Gasteiger partial charge < -0.3 is 9.47 Å². The molecule has 17 heavy (non-hydrogen) atoms. The third kappa shape index (κ3) is 3.92. The van der Waals surface area contributed by atoms with Gasteiger partial charge in [0.05, 0.1) is 6.61 Å². The number of halogens is 4. The van der Waals surface area contributed by atoms with E-state index in [0.29, 0.717) is 0 Å². The maximum absolute atomic E-state index is 13.1. The van der Waals surface area contributed by atoms with E-state index in [1.54, 1.807) is 0 Å². The zero-order chi connectivity index (χ0) is 13.1. The fourth-order valence-electron chi connectivity index (χ4n) is 0.992. The molecule has 0 heterocycles. The molecule has 0 spiro atoms. The van der Waals surface area contributed by atoms with Crippen LogP contribution < -0.4 is 4.74 Å². The smallest absolute Gasteiger partial charge is 0.459 e. The summed E-state index contributed by atoms with van der Waals surface area (Å²) in [6.07, 6.45) is -4.15. The van der Waals surface area contributed by atoms with E-state index in [2.05, 4.69) is 25.4 Å². The molecule has 7 heteroatoms. The molecule has 0 saturated carbocycles. The Bertz CT molecular complexity index is 403. The standard InChI is InChI=1S/C10H8BrF3O3/c1-2-16-9(15)10(13,14)17-8-4-6(11)3-7(12)5-8/h3-5H,2H2,1H3. The Balaban J connectivity index is 2.85. The van der Waals surface area contributed by atoms with Crippen molar-refractivity contribution in [3.63, 3.8) is 0 Å². The molecule has 0 unspecified atom stereocenters. The van der Waals surface area contributed by atoms with Gasteiger partial charge in [0.15, 0.2) is 0 Å². The highest BCUT2D eigenvalue weighted by Crippen LogP contribution is 2.26. The lowest BCUT2D eigenvalue weighted by molar-refractivity contribution is -0.216. The molecule has 3 nitrogen and oxygen atoms in total. The molecular weight excluding hydrogens is 305 g/mol. The van der Waals surface area contributed by atoms with Crippen molar-refractivity contribution in [3.05, 3.63) is 28.5 Å². The minimum Gasteiger partial charge on any atom is -0.459 e. The summed E-state index contributed by atoms with van der Waals surface area (Å²) in [5.74, 6) is -3.07. The molecule has 0 bridgehead atoms. The van der Waals surface area contributed by atoms with E-state index >= 15 is 0 Å². The molecular formula is C10H8BrF3O3. The van der Waals surface area contributed by atoms with Crippen molar-refractivity contribution in [2.24, 2.45) is 0 Å². The van der Waals surface area contributed by atoms with Gasteiger partial charge in [0.25, 0.3) is 0 Å². The lowest BCUT2D eigenvalue weighted by Crippen LogP contribution is -2.36. The number of benzene rings is 1. The van der Waals surface area contributed by atoms with Crippen molar-refractivity contribution in [1.29, 1.82) is 0 Å². The number of esters is 1. The molecule has 0 saturated heterocycles. The van der Waals surface area contributed by atoms with E-state index in [-0.39, 0.29) is 11.1 Å². The third-order valence-corrected chi connectivity index (χ3v) is 2.05. The Kier molecular flexibility index (Phi) is 4.39. The topological polar surface area (TPSA) is 35.5 Å². The van der Waals surface area contributed by atoms with Crippen LogP contribution >= 0.6 is 15.9 Å². The summed E-state index contributed by atoms with van der Waals surface area (Å²) in [7, 11) is 0. The van der Waals surface area contributed by atoms with Crippen LogP contribution in [0.5, 0.6) is 5.75 Å². The molecule has 0 amide bonds. The van der Waals surface area contributed by atoms with Crippen LogP contribution in [0.4, 0.5) is 13.2 Å². The fraction of sp³-hybridized carbons (Fsp3) is 0.300. The molecule has 0 aliphatic rings. The molecule has 94 valence electrons. The molecule has 0 radical (unpaired) electrons. The van der Waals surface area contributed by atoms with Crippen molar-refractivity contribution >= 4 is 21.9 Å². The molecule has 0 aromatic heterocycles. The largest absolute Gasteiger partial charge is 0.502 e. The molecule has 0 fully saturated rings. The van der Waals surface area contributed by atoms with Gasteiger partial charge in [0.1, 0.15) is 11.6 Å². The molecule has 1 aromatic rings. The van der Waals surface area contributed by atoms with E-state index in [0.717, 1.165) is 18.2 Å². The average molecular weight is 313 g/mol. The quantitative estimate of drug-likeness (QED) is 0.801. The SMILES string of the molecule is CCOC(=O)C(F)(F)Oc1cc(F)cc(Br)c1. The van der Waals surface area contributed by atoms with Gasteiger partial charge in [-0.05, 0) is 19.1 Å². The molecule has 0 aliphatic carbocycles. The van der Waals surface area contributed by atoms with Gasteiger partial charge in [-0.2, -0.15) is 8.78 Å². The predicted molar refractivity (Wildman–Crippen MR) is 56.3 cm³/mol. The van der Waals surface area contributed by atoms with Gasteiger partial charge in [-0.15, -0.1) is 0 Å². The van der Waals surface area contributed by atoms with Crippen LogP contribution in [-0.4, -0.2) is 18.7 Å². The number of carbonyl (C=O) groups excluding carboxylic acids is 1. The van der Waals surface area contributed by atoms with Crippen LogP contribution in [0.15, 0.2) is 22.7 Å². The molecule has 0 N–H and O–H groups in total. The summed E-state index contributed by atoms with van der Waals surface area (Å²) >= 11 is 2.91. The Labute approximate surface area is 104 Å². The van der Waals surface area contributed by atoms with Gasteiger partial charge in [0.2, 0.25) is 0 Å². The zero-order valence-electron chi connectivity index (χ0n) is 8.68. The van der Waals surface area contributed by atoms with Crippen molar-refractivity contribution in [1.82, 2.24) is 0 Å². The van der Waals surface area contributed by atoms with Gasteiger partial charge in [0, 0.05) is 10.5 Å². The molecule has 0 atom stereocenters. The minimum absolute atomic E-state index is 0.204. The summed E-state index contributed by atoms with van der Waals surface area (Å²) in [6, 6.07) is 2.91. The van der Waals surface area contributed by atoms with E-state index in [4.69, 9.17) is 0 Å². The molecule has 1 rings (SSSR count). The van der Waals surface area contributed by atoms with Crippen molar-refractivity contribution in [3.8, 4) is 5.75 Å². The Morgan fingerprint density at radius 2 is 2.06 bits per heavy atom. The zero-order valence-corrected chi connectivity index (χ0v) is 10.3. The highest BCUT2D eigenvalue weighted by Gasteiger charge is 2.44. The van der Waals surface area contributed by atoms with Crippen LogP contribution in [0.3, 0.4) is 0 Å². The highest BCUT2D eigenvalue weighted by atomic mass is 79.9. The van der Waals surface area contributed by atoms with Crippen molar-refractivity contribution < 1.29 is 27.4 Å². The summed E-state index contributed by atoms with van der Waals surface area (Å²) in [4.78, 5) is 10.8. The number of carbonyl (C=O) groups is 1. The van der Waals surface area contributed by atoms with Gasteiger partial charge in [-0.1, -0.05) is 15.9 Å². The molecule has 0 aliphatic heterocycles. The van der Waals surface area contributed by atoms with Crippen LogP contribution in [0.25, 0.3) is 0 Å². The van der Waals surface area contributed by atoms with E-state index in [1.165, 1.54) is 6.92 Å². The Morgan fingerprint density at radius 3 is 2.59 bits per heavy atom. The first-order valence-corrected chi connectivity index (χ1v) is 5.34.